The SMILES string of the molecule is Brc1cccc2ccnc(N3CCN(c4ncccn4)CC3)c12. The predicted octanol–water partition coefficient (Wildman–Crippen LogP) is 3.11. The lowest BCUT2D eigenvalue weighted by Gasteiger charge is -2.35. The van der Waals surface area contributed by atoms with Crippen LogP contribution in [0, 0.1) is 0 Å². The number of anilines is 2. The number of hydrogen-bond donors (Lipinski definition) is 0. The molecule has 2 aromatic heterocycles. The average molecular weight is 370 g/mol. The second kappa shape index (κ2) is 6.12. The molecule has 0 radical (unpaired) electrons. The fraction of sp³-hybridized carbons (Fsp3) is 0.235. The first-order valence-corrected chi connectivity index (χ1v) is 8.42. The molecule has 1 aromatic carbocycles. The number of pyridine rings is 1. The molecular weight excluding hydrogens is 354 g/mol. The number of rotatable bonds is 2. The van der Waals surface area contributed by atoms with E-state index in [0.29, 0.717) is 0 Å². The van der Waals surface area contributed by atoms with Crippen molar-refractivity contribution < 1.29 is 0 Å². The zero-order valence-corrected chi connectivity index (χ0v) is 14.1. The van der Waals surface area contributed by atoms with Crippen molar-refractivity contribution in [3.63, 3.8) is 0 Å². The Bertz CT molecular complexity index is 810. The van der Waals surface area contributed by atoms with Crippen LogP contribution in [0.15, 0.2) is 53.4 Å². The first-order chi connectivity index (χ1) is 11.3. The molecule has 0 saturated carbocycles. The molecule has 3 aromatic rings. The molecule has 5 nitrogen and oxygen atoms in total. The Morgan fingerprint density at radius 2 is 1.52 bits per heavy atom. The summed E-state index contributed by atoms with van der Waals surface area (Å²) in [7, 11) is 0. The van der Waals surface area contributed by atoms with Gasteiger partial charge in [0, 0.05) is 54.6 Å². The van der Waals surface area contributed by atoms with Crippen LogP contribution in [-0.2, 0) is 0 Å². The van der Waals surface area contributed by atoms with Crippen molar-refractivity contribution in [3.05, 3.63) is 53.4 Å². The molecule has 1 aliphatic heterocycles. The third kappa shape index (κ3) is 2.74. The Balaban J connectivity index is 1.60. The van der Waals surface area contributed by atoms with Gasteiger partial charge in [0.1, 0.15) is 5.82 Å². The lowest BCUT2D eigenvalue weighted by atomic mass is 10.1. The highest BCUT2D eigenvalue weighted by Crippen LogP contribution is 2.31. The van der Waals surface area contributed by atoms with Gasteiger partial charge in [-0.05, 0) is 23.6 Å². The molecule has 1 saturated heterocycles. The quantitative estimate of drug-likeness (QED) is 0.694. The largest absolute Gasteiger partial charge is 0.353 e. The summed E-state index contributed by atoms with van der Waals surface area (Å²) in [5.74, 6) is 1.85. The van der Waals surface area contributed by atoms with E-state index in [1.165, 1.54) is 10.8 Å². The number of fused-ring (bicyclic) bond motifs is 1. The molecule has 1 fully saturated rings. The van der Waals surface area contributed by atoms with Gasteiger partial charge in [-0.15, -0.1) is 0 Å². The van der Waals surface area contributed by atoms with Crippen LogP contribution in [0.5, 0.6) is 0 Å². The van der Waals surface area contributed by atoms with Gasteiger partial charge in [0.05, 0.1) is 0 Å². The summed E-state index contributed by atoms with van der Waals surface area (Å²) < 4.78 is 1.09. The number of nitrogens with zero attached hydrogens (tertiary/aromatic N) is 5. The summed E-state index contributed by atoms with van der Waals surface area (Å²) in [6.45, 7) is 3.61. The lowest BCUT2D eigenvalue weighted by molar-refractivity contribution is 0.636. The standard InChI is InChI=1S/C17H16BrN5/c18-14-4-1-3-13-5-8-19-16(15(13)14)22-9-11-23(12-10-22)17-20-6-2-7-21-17/h1-8H,9-12H2. The Morgan fingerprint density at radius 1 is 0.783 bits per heavy atom. The Labute approximate surface area is 143 Å². The molecule has 6 heteroatoms. The summed E-state index contributed by atoms with van der Waals surface area (Å²) in [6.07, 6.45) is 5.47. The Hall–Kier alpha value is -2.21. The van der Waals surface area contributed by atoms with Gasteiger partial charge in [0.15, 0.2) is 0 Å². The number of benzene rings is 1. The average Bonchev–Trinajstić information content (AvgIpc) is 2.62. The van der Waals surface area contributed by atoms with Gasteiger partial charge in [-0.3, -0.25) is 0 Å². The molecule has 0 amide bonds. The molecule has 3 heterocycles. The van der Waals surface area contributed by atoms with Gasteiger partial charge in [-0.2, -0.15) is 0 Å². The highest BCUT2D eigenvalue weighted by Gasteiger charge is 2.21. The third-order valence-electron chi connectivity index (χ3n) is 4.13. The minimum atomic E-state index is 0.805. The van der Waals surface area contributed by atoms with Crippen LogP contribution in [-0.4, -0.2) is 41.1 Å². The van der Waals surface area contributed by atoms with Crippen molar-refractivity contribution in [3.8, 4) is 0 Å². The van der Waals surface area contributed by atoms with Crippen molar-refractivity contribution in [2.45, 2.75) is 0 Å². The zero-order chi connectivity index (χ0) is 15.6. The van der Waals surface area contributed by atoms with Gasteiger partial charge >= 0.3 is 0 Å². The number of halogens is 1. The maximum atomic E-state index is 4.64. The number of hydrogen-bond acceptors (Lipinski definition) is 5. The van der Waals surface area contributed by atoms with Crippen LogP contribution in [0.25, 0.3) is 10.8 Å². The van der Waals surface area contributed by atoms with Crippen LogP contribution in [0.2, 0.25) is 0 Å². The predicted molar refractivity (Wildman–Crippen MR) is 95.9 cm³/mol. The van der Waals surface area contributed by atoms with Crippen LogP contribution >= 0.6 is 15.9 Å². The summed E-state index contributed by atoms with van der Waals surface area (Å²) in [6, 6.07) is 10.1. The summed E-state index contributed by atoms with van der Waals surface area (Å²) in [4.78, 5) is 17.9. The van der Waals surface area contributed by atoms with Crippen molar-refractivity contribution in [1.82, 2.24) is 15.0 Å². The molecule has 23 heavy (non-hydrogen) atoms. The number of aromatic nitrogens is 3. The molecule has 0 spiro atoms. The zero-order valence-electron chi connectivity index (χ0n) is 12.6. The third-order valence-corrected chi connectivity index (χ3v) is 4.80. The van der Waals surface area contributed by atoms with Gasteiger partial charge in [0.2, 0.25) is 5.95 Å². The fourth-order valence-corrected chi connectivity index (χ4v) is 3.54. The molecule has 1 aliphatic rings. The van der Waals surface area contributed by atoms with E-state index in [1.807, 2.05) is 12.3 Å². The Kier molecular flexibility index (Phi) is 3.83. The second-order valence-electron chi connectivity index (χ2n) is 5.50. The van der Waals surface area contributed by atoms with Crippen LogP contribution in [0.4, 0.5) is 11.8 Å². The molecule has 0 unspecified atom stereocenters. The topological polar surface area (TPSA) is 45.2 Å². The van der Waals surface area contributed by atoms with Crippen molar-refractivity contribution in [2.75, 3.05) is 36.0 Å². The van der Waals surface area contributed by atoms with E-state index >= 15 is 0 Å². The highest BCUT2D eigenvalue weighted by atomic mass is 79.9. The minimum Gasteiger partial charge on any atom is -0.353 e. The lowest BCUT2D eigenvalue weighted by Crippen LogP contribution is -2.47. The van der Waals surface area contributed by atoms with Gasteiger partial charge in [0.25, 0.3) is 0 Å². The van der Waals surface area contributed by atoms with Gasteiger partial charge in [-0.25, -0.2) is 15.0 Å². The monoisotopic (exact) mass is 369 g/mol. The van der Waals surface area contributed by atoms with Crippen molar-refractivity contribution in [1.29, 1.82) is 0 Å². The number of piperazine rings is 1. The minimum absolute atomic E-state index is 0.805. The molecule has 0 bridgehead atoms. The first-order valence-electron chi connectivity index (χ1n) is 7.63. The van der Waals surface area contributed by atoms with Crippen LogP contribution < -0.4 is 9.80 Å². The van der Waals surface area contributed by atoms with E-state index in [-0.39, 0.29) is 0 Å². The smallest absolute Gasteiger partial charge is 0.225 e. The summed E-state index contributed by atoms with van der Waals surface area (Å²) in [5, 5.41) is 2.39. The maximum Gasteiger partial charge on any atom is 0.225 e. The molecule has 116 valence electrons. The normalized spacial score (nSPS) is 15.2. The van der Waals surface area contributed by atoms with E-state index < -0.39 is 0 Å². The first kappa shape index (κ1) is 14.4. The van der Waals surface area contributed by atoms with Gasteiger partial charge < -0.3 is 9.80 Å². The molecule has 4 rings (SSSR count). The molecule has 0 atom stereocenters. The van der Waals surface area contributed by atoms with Gasteiger partial charge in [-0.1, -0.05) is 28.1 Å². The maximum absolute atomic E-state index is 4.64. The molecule has 0 N–H and O–H groups in total. The second-order valence-corrected chi connectivity index (χ2v) is 6.35. The van der Waals surface area contributed by atoms with E-state index in [9.17, 15) is 0 Å². The van der Waals surface area contributed by atoms with Crippen molar-refractivity contribution in [2.24, 2.45) is 0 Å². The summed E-state index contributed by atoms with van der Waals surface area (Å²) in [5.41, 5.74) is 0. The highest BCUT2D eigenvalue weighted by molar-refractivity contribution is 9.10. The van der Waals surface area contributed by atoms with Crippen molar-refractivity contribution >= 4 is 38.5 Å². The van der Waals surface area contributed by atoms with E-state index in [1.54, 1.807) is 12.4 Å². The van der Waals surface area contributed by atoms with E-state index in [4.69, 9.17) is 0 Å². The fourth-order valence-electron chi connectivity index (χ4n) is 2.98. The Morgan fingerprint density at radius 3 is 2.30 bits per heavy atom. The summed E-state index contributed by atoms with van der Waals surface area (Å²) >= 11 is 3.67. The molecule has 0 aliphatic carbocycles. The van der Waals surface area contributed by atoms with Crippen LogP contribution in [0.3, 0.4) is 0 Å². The van der Waals surface area contributed by atoms with E-state index in [2.05, 4.69) is 64.9 Å². The van der Waals surface area contributed by atoms with Crippen LogP contribution in [0.1, 0.15) is 0 Å². The molecular formula is C17H16BrN5. The van der Waals surface area contributed by atoms with E-state index in [0.717, 1.165) is 42.4 Å².